The Morgan fingerprint density at radius 3 is 2.21 bits per heavy atom. The number of fused-ring (bicyclic) bond motifs is 1. The minimum absolute atomic E-state index is 0. The third kappa shape index (κ3) is 13.3. The number of thioether (sulfide) groups is 1. The number of nitrogens with zero attached hydrogens (tertiary/aromatic N) is 1. The number of carboxylic acids is 1. The second-order valence-electron chi connectivity index (χ2n) is 12.0. The molecule has 2 N–H and O–H groups in total. The van der Waals surface area contributed by atoms with E-state index < -0.39 is 35.7 Å². The molecule has 42 heavy (non-hydrogen) atoms. The molecule has 0 fully saturated rings. The molecule has 7 nitrogen and oxygen atoms in total. The van der Waals surface area contributed by atoms with Crippen molar-refractivity contribution >= 4 is 29.7 Å². The lowest BCUT2D eigenvalue weighted by molar-refractivity contribution is -0.142. The lowest BCUT2D eigenvalue weighted by atomic mass is 9.93. The van der Waals surface area contributed by atoms with Gasteiger partial charge in [0.1, 0.15) is 17.7 Å². The molecule has 1 aromatic carbocycles. The number of carbonyl (C=O) groups is 3. The van der Waals surface area contributed by atoms with Gasteiger partial charge in [-0.2, -0.15) is 11.8 Å². The molecule has 2 rings (SSSR count). The van der Waals surface area contributed by atoms with Crippen LogP contribution in [0.5, 0.6) is 0 Å². The van der Waals surface area contributed by atoms with Gasteiger partial charge < -0.3 is 15.2 Å². The van der Waals surface area contributed by atoms with Crippen molar-refractivity contribution in [1.29, 1.82) is 0 Å². The summed E-state index contributed by atoms with van der Waals surface area (Å²) < 4.78 is 5.57. The lowest BCUT2D eigenvalue weighted by Crippen LogP contribution is -2.56. The van der Waals surface area contributed by atoms with E-state index in [9.17, 15) is 19.5 Å². The second kappa shape index (κ2) is 17.8. The molecule has 0 spiro atoms. The summed E-state index contributed by atoms with van der Waals surface area (Å²) in [6.45, 7) is 14.1. The fourth-order valence-electron chi connectivity index (χ4n) is 4.44. The second-order valence-corrected chi connectivity index (χ2v) is 13.1. The molecule has 0 unspecified atom stereocenters. The molecular weight excluding hydrogens is 548 g/mol. The first kappa shape index (κ1) is 37.0. The van der Waals surface area contributed by atoms with Gasteiger partial charge in [-0.3, -0.25) is 9.69 Å². The van der Waals surface area contributed by atoms with Crippen molar-refractivity contribution in [2.45, 2.75) is 112 Å². The number of nitrogens with one attached hydrogen (secondary N) is 1. The maximum absolute atomic E-state index is 13.4. The molecule has 0 saturated carbocycles. The highest BCUT2D eigenvalue weighted by Gasteiger charge is 2.38. The number of allylic oxidation sites excluding steroid dienone is 5. The van der Waals surface area contributed by atoms with Crippen molar-refractivity contribution in [1.82, 2.24) is 10.2 Å². The third-order valence-corrected chi connectivity index (χ3v) is 7.72. The predicted octanol–water partition coefficient (Wildman–Crippen LogP) is 7.71. The summed E-state index contributed by atoms with van der Waals surface area (Å²) in [4.78, 5) is 39.8. The maximum Gasteiger partial charge on any atom is 0.411 e. The van der Waals surface area contributed by atoms with E-state index in [1.54, 1.807) is 20.8 Å². The van der Waals surface area contributed by atoms with E-state index in [0.29, 0.717) is 12.2 Å². The van der Waals surface area contributed by atoms with Gasteiger partial charge in [-0.1, -0.05) is 66.6 Å². The maximum atomic E-state index is 13.4. The Labute approximate surface area is 257 Å². The fraction of sp³-hybridized carbons (Fsp3) is 0.559. The Morgan fingerprint density at radius 2 is 1.62 bits per heavy atom. The Morgan fingerprint density at radius 1 is 1.02 bits per heavy atom. The van der Waals surface area contributed by atoms with Gasteiger partial charge >= 0.3 is 12.1 Å². The zero-order valence-electron chi connectivity index (χ0n) is 25.8. The summed E-state index contributed by atoms with van der Waals surface area (Å²) in [6, 6.07) is 5.73. The van der Waals surface area contributed by atoms with Crippen LogP contribution in [0.1, 0.15) is 92.7 Å². The number of aliphatic carboxylic acids is 1. The number of hydrogen-bond acceptors (Lipinski definition) is 5. The highest BCUT2D eigenvalue weighted by atomic mass is 32.2. The van der Waals surface area contributed by atoms with Crippen LogP contribution in [-0.2, 0) is 27.3 Å². The smallest absolute Gasteiger partial charge is 0.411 e. The number of hydrogen-bond donors (Lipinski definition) is 2. The minimum atomic E-state index is -1.10. The fourth-order valence-corrected chi connectivity index (χ4v) is 5.44. The van der Waals surface area contributed by atoms with Crippen molar-refractivity contribution in [3.05, 3.63) is 70.3 Å². The summed E-state index contributed by atoms with van der Waals surface area (Å²) in [6.07, 6.45) is 10.5. The quantitative estimate of drug-likeness (QED) is 0.178. The predicted molar refractivity (Wildman–Crippen MR) is 175 cm³/mol. The molecule has 2 atom stereocenters. The standard InChI is InChI=1S/C33H48N2O5S.CH4/c1-23(2)12-10-13-24(3)14-11-15-25(4)18-19-41-22-28(31(37)38)34-30(36)29-20-26-16-8-9-17-27(26)21-35(29)32(39)40-33(5,6)7;/h8-9,12,14,16-18,28-29H,10-11,13,15,19-22H2,1-7H3,(H,34,36)(H,37,38);1H4/b24-14+,25-18+;/t28-,29+;/m0./s1. The Bertz CT molecular complexity index is 1140. The normalized spacial score (nSPS) is 16.1. The van der Waals surface area contributed by atoms with Gasteiger partial charge in [0.25, 0.3) is 0 Å². The van der Waals surface area contributed by atoms with Crippen LogP contribution in [0.4, 0.5) is 4.79 Å². The Kier molecular flexibility index (Phi) is 15.7. The summed E-state index contributed by atoms with van der Waals surface area (Å²) in [5, 5.41) is 12.5. The number of ether oxygens (including phenoxy) is 1. The van der Waals surface area contributed by atoms with Gasteiger partial charge in [-0.25, -0.2) is 9.59 Å². The summed E-state index contributed by atoms with van der Waals surface area (Å²) in [5.74, 6) is -0.698. The summed E-state index contributed by atoms with van der Waals surface area (Å²) >= 11 is 1.46. The van der Waals surface area contributed by atoms with Crippen LogP contribution < -0.4 is 5.32 Å². The lowest BCUT2D eigenvalue weighted by Gasteiger charge is -2.37. The van der Waals surface area contributed by atoms with E-state index in [1.807, 2.05) is 24.3 Å². The molecule has 8 heteroatoms. The zero-order valence-corrected chi connectivity index (χ0v) is 26.6. The van der Waals surface area contributed by atoms with Crippen LogP contribution in [0.3, 0.4) is 0 Å². The highest BCUT2D eigenvalue weighted by Crippen LogP contribution is 2.26. The van der Waals surface area contributed by atoms with Gasteiger partial charge in [0.2, 0.25) is 5.91 Å². The zero-order chi connectivity index (χ0) is 30.6. The van der Waals surface area contributed by atoms with Crippen LogP contribution >= 0.6 is 11.8 Å². The molecule has 234 valence electrons. The van der Waals surface area contributed by atoms with Crippen molar-refractivity contribution in [2.75, 3.05) is 11.5 Å². The number of carbonyl (C=O) groups excluding carboxylic acids is 2. The Balaban J connectivity index is 0.00000882. The van der Waals surface area contributed by atoms with Crippen molar-refractivity contribution < 1.29 is 24.2 Å². The topological polar surface area (TPSA) is 95.9 Å². The average molecular weight is 601 g/mol. The van der Waals surface area contributed by atoms with Crippen molar-refractivity contribution in [2.24, 2.45) is 0 Å². The third-order valence-electron chi connectivity index (χ3n) is 6.75. The Hall–Kier alpha value is -3.00. The number of rotatable bonds is 13. The molecule has 0 aromatic heterocycles. The van der Waals surface area contributed by atoms with Gasteiger partial charge in [-0.05, 0) is 85.3 Å². The molecule has 0 radical (unpaired) electrons. The van der Waals surface area contributed by atoms with Gasteiger partial charge in [0.05, 0.1) is 6.54 Å². The van der Waals surface area contributed by atoms with E-state index in [2.05, 4.69) is 51.2 Å². The summed E-state index contributed by atoms with van der Waals surface area (Å²) in [7, 11) is 0. The average Bonchev–Trinajstić information content (AvgIpc) is 2.88. The van der Waals surface area contributed by atoms with Gasteiger partial charge in [-0.15, -0.1) is 0 Å². The first-order valence-electron chi connectivity index (χ1n) is 14.4. The van der Waals surface area contributed by atoms with Crippen LogP contribution in [0.25, 0.3) is 0 Å². The van der Waals surface area contributed by atoms with Crippen LogP contribution in [0, 0.1) is 0 Å². The number of amides is 2. The molecule has 1 aliphatic heterocycles. The monoisotopic (exact) mass is 600 g/mol. The largest absolute Gasteiger partial charge is 0.480 e. The van der Waals surface area contributed by atoms with Crippen LogP contribution in [0.15, 0.2) is 59.2 Å². The van der Waals surface area contributed by atoms with Crippen LogP contribution in [-0.4, -0.2) is 57.2 Å². The molecule has 0 aliphatic carbocycles. The van der Waals surface area contributed by atoms with Crippen molar-refractivity contribution in [3.8, 4) is 0 Å². The van der Waals surface area contributed by atoms with Gasteiger partial charge in [0.15, 0.2) is 0 Å². The first-order chi connectivity index (χ1) is 19.3. The molecule has 2 amide bonds. The molecule has 0 bridgehead atoms. The molecule has 1 heterocycles. The van der Waals surface area contributed by atoms with Crippen molar-refractivity contribution in [3.63, 3.8) is 0 Å². The van der Waals surface area contributed by atoms with E-state index in [-0.39, 0.29) is 19.7 Å². The number of carboxylic acid groups (broad SMARTS) is 1. The number of benzene rings is 1. The molecule has 1 aromatic rings. The molecular formula is C34H52N2O5S. The first-order valence-corrected chi connectivity index (χ1v) is 15.5. The SMILES string of the molecule is C.CC(C)=CCC/C(C)=C/CC/C(C)=C/CSC[C@H](NC(=O)[C@H]1Cc2ccccc2CN1C(=O)OC(C)(C)C)C(=O)O. The van der Waals surface area contributed by atoms with Crippen LogP contribution in [0.2, 0.25) is 0 Å². The van der Waals surface area contributed by atoms with E-state index in [4.69, 9.17) is 4.74 Å². The van der Waals surface area contributed by atoms with E-state index in [1.165, 1.54) is 33.4 Å². The molecule has 0 saturated heterocycles. The summed E-state index contributed by atoms with van der Waals surface area (Å²) in [5.41, 5.74) is 5.20. The molecule has 1 aliphatic rings. The minimum Gasteiger partial charge on any atom is -0.480 e. The highest BCUT2D eigenvalue weighted by molar-refractivity contribution is 7.99. The van der Waals surface area contributed by atoms with E-state index in [0.717, 1.165) is 36.8 Å². The van der Waals surface area contributed by atoms with Gasteiger partial charge in [0, 0.05) is 17.9 Å². The van der Waals surface area contributed by atoms with E-state index >= 15 is 0 Å².